The van der Waals surface area contributed by atoms with Gasteiger partial charge in [-0.3, -0.25) is 0 Å². The predicted octanol–water partition coefficient (Wildman–Crippen LogP) is 1.75. The summed E-state index contributed by atoms with van der Waals surface area (Å²) in [5, 5.41) is 0. The molecule has 0 aromatic heterocycles. The fraction of sp³-hybridized carbons (Fsp3) is 0.143. The van der Waals surface area contributed by atoms with E-state index in [9.17, 15) is 0 Å². The summed E-state index contributed by atoms with van der Waals surface area (Å²) in [6, 6.07) is 0. The van der Waals surface area contributed by atoms with E-state index >= 15 is 0 Å². The lowest BCUT2D eigenvalue weighted by molar-refractivity contribution is 1.74. The van der Waals surface area contributed by atoms with Crippen molar-refractivity contribution in [1.82, 2.24) is 0 Å². The van der Waals surface area contributed by atoms with E-state index in [4.69, 9.17) is 6.42 Å². The zero-order chi connectivity index (χ0) is 5.54. The zero-order valence-electron chi connectivity index (χ0n) is 4.39. The molecule has 0 saturated heterocycles. The third-order valence-electron chi connectivity index (χ3n) is 0.496. The van der Waals surface area contributed by atoms with E-state index in [-0.39, 0.29) is 0 Å². The minimum atomic E-state index is 1.65. The maximum Gasteiger partial charge on any atom is -0.0122 e. The van der Waals surface area contributed by atoms with Crippen LogP contribution in [0.3, 0.4) is 0 Å². The first kappa shape index (κ1) is 6.04. The summed E-state index contributed by atoms with van der Waals surface area (Å²) < 4.78 is 0. The highest BCUT2D eigenvalue weighted by atomic mass is 13.6. The summed E-state index contributed by atoms with van der Waals surface area (Å²) in [7, 11) is 0. The molecule has 0 bridgehead atoms. The number of terminal acetylenes is 1. The van der Waals surface area contributed by atoms with Crippen molar-refractivity contribution in [3.05, 3.63) is 24.3 Å². The highest BCUT2D eigenvalue weighted by Gasteiger charge is 1.52. The summed E-state index contributed by atoms with van der Waals surface area (Å²) in [6.07, 6.45) is 12.2. The monoisotopic (exact) mass is 92.1 g/mol. The van der Waals surface area contributed by atoms with Crippen molar-refractivity contribution in [2.45, 2.75) is 6.92 Å². The van der Waals surface area contributed by atoms with Gasteiger partial charge >= 0.3 is 0 Å². The predicted molar refractivity (Wildman–Crippen MR) is 32.8 cm³/mol. The van der Waals surface area contributed by atoms with Crippen LogP contribution in [0.25, 0.3) is 0 Å². The van der Waals surface area contributed by atoms with Crippen LogP contribution in [0, 0.1) is 12.3 Å². The average molecular weight is 92.1 g/mol. The van der Waals surface area contributed by atoms with Crippen molar-refractivity contribution in [2.75, 3.05) is 0 Å². The van der Waals surface area contributed by atoms with Gasteiger partial charge < -0.3 is 0 Å². The first-order chi connectivity index (χ1) is 3.41. The van der Waals surface area contributed by atoms with Crippen LogP contribution in [0.15, 0.2) is 24.3 Å². The van der Waals surface area contributed by atoms with Crippen molar-refractivity contribution >= 4 is 0 Å². The third-order valence-corrected chi connectivity index (χ3v) is 0.496. The maximum atomic E-state index is 4.90. The Morgan fingerprint density at radius 3 is 2.57 bits per heavy atom. The second kappa shape index (κ2) is 5.04. The van der Waals surface area contributed by atoms with Crippen molar-refractivity contribution in [3.63, 3.8) is 0 Å². The number of allylic oxidation sites excluding steroid dienone is 4. The number of hydrogen-bond donors (Lipinski definition) is 0. The number of hydrogen-bond acceptors (Lipinski definition) is 0. The van der Waals surface area contributed by atoms with E-state index in [1.807, 2.05) is 25.2 Å². The van der Waals surface area contributed by atoms with Gasteiger partial charge in [-0.05, 0) is 13.0 Å². The quantitative estimate of drug-likeness (QED) is 0.341. The van der Waals surface area contributed by atoms with E-state index in [0.717, 1.165) is 0 Å². The Morgan fingerprint density at radius 2 is 2.14 bits per heavy atom. The van der Waals surface area contributed by atoms with Gasteiger partial charge in [-0.15, -0.1) is 6.42 Å². The lowest BCUT2D eigenvalue weighted by atomic mass is 10.4. The highest BCUT2D eigenvalue weighted by Crippen LogP contribution is 1.71. The smallest absolute Gasteiger partial charge is 0.0122 e. The third kappa shape index (κ3) is 5.04. The van der Waals surface area contributed by atoms with Crippen LogP contribution in [-0.4, -0.2) is 0 Å². The Kier molecular flexibility index (Phi) is 4.35. The topological polar surface area (TPSA) is 0 Å². The fourth-order valence-electron chi connectivity index (χ4n) is 0.222. The Labute approximate surface area is 44.5 Å². The molecule has 0 aromatic rings. The zero-order valence-corrected chi connectivity index (χ0v) is 4.39. The van der Waals surface area contributed by atoms with Crippen LogP contribution in [0.4, 0.5) is 0 Å². The van der Waals surface area contributed by atoms with Crippen LogP contribution >= 0.6 is 0 Å². The van der Waals surface area contributed by atoms with Crippen LogP contribution in [0.1, 0.15) is 6.92 Å². The molecule has 0 heteroatoms. The average Bonchev–Trinajstić information content (AvgIpc) is 1.69. The summed E-state index contributed by atoms with van der Waals surface area (Å²) in [5.41, 5.74) is 0. The van der Waals surface area contributed by atoms with Crippen LogP contribution in [-0.2, 0) is 0 Å². The van der Waals surface area contributed by atoms with E-state index in [1.54, 1.807) is 6.08 Å². The SMILES string of the molecule is C#CC=CC=CC. The van der Waals surface area contributed by atoms with Crippen molar-refractivity contribution in [1.29, 1.82) is 0 Å². The standard InChI is InChI=1S/C7H8/c1-3-5-7-6-4-2/h1,4-7H,2H3. The first-order valence-electron chi connectivity index (χ1n) is 2.15. The molecule has 0 aliphatic rings. The Hall–Kier alpha value is -0.960. The molecule has 36 valence electrons. The lowest BCUT2D eigenvalue weighted by Crippen LogP contribution is -1.44. The van der Waals surface area contributed by atoms with Gasteiger partial charge in [0.2, 0.25) is 0 Å². The summed E-state index contributed by atoms with van der Waals surface area (Å²) in [6.45, 7) is 1.95. The minimum Gasteiger partial charge on any atom is -0.115 e. The van der Waals surface area contributed by atoms with Gasteiger partial charge in [0.1, 0.15) is 0 Å². The van der Waals surface area contributed by atoms with E-state index in [2.05, 4.69) is 5.92 Å². The van der Waals surface area contributed by atoms with E-state index in [0.29, 0.717) is 0 Å². The van der Waals surface area contributed by atoms with Gasteiger partial charge in [0, 0.05) is 0 Å². The van der Waals surface area contributed by atoms with Gasteiger partial charge in [0.15, 0.2) is 0 Å². The Balaban J connectivity index is 3.33. The highest BCUT2D eigenvalue weighted by molar-refractivity contribution is 5.14. The first-order valence-corrected chi connectivity index (χ1v) is 2.15. The van der Waals surface area contributed by atoms with Crippen LogP contribution < -0.4 is 0 Å². The molecule has 0 heterocycles. The van der Waals surface area contributed by atoms with Gasteiger partial charge in [-0.2, -0.15) is 0 Å². The number of rotatable bonds is 1. The summed E-state index contributed by atoms with van der Waals surface area (Å²) in [5.74, 6) is 2.37. The maximum absolute atomic E-state index is 4.90. The molecule has 0 rings (SSSR count). The van der Waals surface area contributed by atoms with E-state index in [1.165, 1.54) is 0 Å². The molecule has 0 atom stereocenters. The molecular weight excluding hydrogens is 84.1 g/mol. The molecule has 0 radical (unpaired) electrons. The van der Waals surface area contributed by atoms with E-state index < -0.39 is 0 Å². The summed E-state index contributed by atoms with van der Waals surface area (Å²) >= 11 is 0. The van der Waals surface area contributed by atoms with Crippen molar-refractivity contribution in [2.24, 2.45) is 0 Å². The van der Waals surface area contributed by atoms with Gasteiger partial charge in [-0.1, -0.05) is 24.1 Å². The molecule has 0 fully saturated rings. The molecule has 0 aliphatic heterocycles. The normalized spacial score (nSPS) is 10.3. The molecule has 0 saturated carbocycles. The van der Waals surface area contributed by atoms with Crippen molar-refractivity contribution in [3.8, 4) is 12.3 Å². The molecule has 0 amide bonds. The molecule has 0 spiro atoms. The van der Waals surface area contributed by atoms with Gasteiger partial charge in [-0.25, -0.2) is 0 Å². The largest absolute Gasteiger partial charge is 0.115 e. The minimum absolute atomic E-state index is 1.65. The van der Waals surface area contributed by atoms with Crippen molar-refractivity contribution < 1.29 is 0 Å². The summed E-state index contributed by atoms with van der Waals surface area (Å²) in [4.78, 5) is 0. The fourth-order valence-corrected chi connectivity index (χ4v) is 0.222. The molecular formula is C7H8. The Bertz CT molecular complexity index is 110. The second-order valence-corrected chi connectivity index (χ2v) is 1.05. The Morgan fingerprint density at radius 1 is 1.43 bits per heavy atom. The molecule has 7 heavy (non-hydrogen) atoms. The van der Waals surface area contributed by atoms with Crippen LogP contribution in [0.2, 0.25) is 0 Å². The molecule has 0 N–H and O–H groups in total. The second-order valence-electron chi connectivity index (χ2n) is 1.05. The van der Waals surface area contributed by atoms with Crippen LogP contribution in [0.5, 0.6) is 0 Å². The molecule has 0 aromatic carbocycles. The lowest BCUT2D eigenvalue weighted by Gasteiger charge is -1.63. The van der Waals surface area contributed by atoms with Gasteiger partial charge in [0.05, 0.1) is 0 Å². The molecule has 0 aliphatic carbocycles. The molecule has 0 unspecified atom stereocenters. The molecule has 0 nitrogen and oxygen atoms in total. The van der Waals surface area contributed by atoms with Gasteiger partial charge in [0.25, 0.3) is 0 Å².